The second-order valence-electron chi connectivity index (χ2n) is 5.03. The van der Waals surface area contributed by atoms with E-state index in [0.29, 0.717) is 5.33 Å². The van der Waals surface area contributed by atoms with E-state index in [9.17, 15) is 4.79 Å². The van der Waals surface area contributed by atoms with E-state index in [0.717, 1.165) is 32.6 Å². The van der Waals surface area contributed by atoms with E-state index in [1.807, 2.05) is 4.90 Å². The Morgan fingerprint density at radius 2 is 1.87 bits per heavy atom. The van der Waals surface area contributed by atoms with Crippen LogP contribution in [0.5, 0.6) is 0 Å². The Kier molecular flexibility index (Phi) is 4.59. The number of rotatable bonds is 1. The number of hydrogen-bond acceptors (Lipinski definition) is 2. The van der Waals surface area contributed by atoms with Crippen LogP contribution < -0.4 is 0 Å². The smallest absolute Gasteiger partial charge is 0.233 e. The van der Waals surface area contributed by atoms with E-state index < -0.39 is 0 Å². The van der Waals surface area contributed by atoms with Crippen molar-refractivity contribution in [3.63, 3.8) is 0 Å². The summed E-state index contributed by atoms with van der Waals surface area (Å²) in [6.07, 6.45) is 1.08. The summed E-state index contributed by atoms with van der Waals surface area (Å²) in [7, 11) is 0. The molecule has 1 fully saturated rings. The highest BCUT2D eigenvalue weighted by Gasteiger charge is 2.25. The highest BCUT2D eigenvalue weighted by atomic mass is 79.9. The lowest BCUT2D eigenvalue weighted by atomic mass is 10.1. The summed E-state index contributed by atoms with van der Waals surface area (Å²) < 4.78 is 0. The first-order chi connectivity index (χ1) is 6.95. The normalized spacial score (nSPS) is 20.1. The quantitative estimate of drug-likeness (QED) is 0.681. The van der Waals surface area contributed by atoms with Crippen molar-refractivity contribution in [1.29, 1.82) is 0 Å². The van der Waals surface area contributed by atoms with E-state index in [-0.39, 0.29) is 11.4 Å². The third-order valence-corrected chi connectivity index (χ3v) is 3.39. The van der Waals surface area contributed by atoms with Crippen molar-refractivity contribution in [1.82, 2.24) is 9.80 Å². The largest absolute Gasteiger partial charge is 0.341 e. The number of hydrogen-bond donors (Lipinski definition) is 0. The van der Waals surface area contributed by atoms with E-state index in [1.165, 1.54) is 0 Å². The number of nitrogens with zero attached hydrogens (tertiary/aromatic N) is 2. The average molecular weight is 277 g/mol. The van der Waals surface area contributed by atoms with Crippen LogP contribution in [0.15, 0.2) is 0 Å². The Balaban J connectivity index is 2.52. The molecule has 1 rings (SSSR count). The molecule has 0 radical (unpaired) electrons. The van der Waals surface area contributed by atoms with Gasteiger partial charge in [-0.3, -0.25) is 9.69 Å². The van der Waals surface area contributed by atoms with E-state index >= 15 is 0 Å². The molecular formula is C11H21BrN2O. The summed E-state index contributed by atoms with van der Waals surface area (Å²) in [6.45, 7) is 10.5. The summed E-state index contributed by atoms with van der Waals surface area (Å²) in [6, 6.07) is 0. The first-order valence-electron chi connectivity index (χ1n) is 5.54. The summed E-state index contributed by atoms with van der Waals surface area (Å²) in [5.74, 6) is 0.214. The molecule has 1 heterocycles. The maximum absolute atomic E-state index is 11.5. The molecule has 1 amide bonds. The molecule has 0 N–H and O–H groups in total. The molecular weight excluding hydrogens is 256 g/mol. The minimum absolute atomic E-state index is 0.214. The first-order valence-corrected chi connectivity index (χ1v) is 6.66. The molecule has 0 saturated carbocycles. The molecule has 4 heteroatoms. The lowest BCUT2D eigenvalue weighted by molar-refractivity contribution is -0.128. The van der Waals surface area contributed by atoms with Crippen LogP contribution in [-0.2, 0) is 4.79 Å². The van der Waals surface area contributed by atoms with Gasteiger partial charge in [0.05, 0.1) is 5.33 Å². The van der Waals surface area contributed by atoms with Crippen LogP contribution >= 0.6 is 15.9 Å². The first kappa shape index (κ1) is 13.0. The Morgan fingerprint density at radius 3 is 2.40 bits per heavy atom. The number of halogens is 1. The number of alkyl halides is 1. The summed E-state index contributed by atoms with van der Waals surface area (Å²) >= 11 is 3.23. The summed E-state index contributed by atoms with van der Waals surface area (Å²) in [4.78, 5) is 15.9. The molecule has 0 unspecified atom stereocenters. The minimum atomic E-state index is 0.214. The standard InChI is InChI=1S/C11H21BrN2O/c1-11(2,3)14-6-4-5-13(7-8-14)10(15)9-12/h4-9H2,1-3H3. The number of carbonyl (C=O) groups excluding carboxylic acids is 1. The lowest BCUT2D eigenvalue weighted by Gasteiger charge is -2.34. The molecule has 0 aromatic carbocycles. The van der Waals surface area contributed by atoms with Gasteiger partial charge >= 0.3 is 0 Å². The van der Waals surface area contributed by atoms with Crippen LogP contribution in [0.25, 0.3) is 0 Å². The van der Waals surface area contributed by atoms with Crippen LogP contribution in [0.2, 0.25) is 0 Å². The van der Waals surface area contributed by atoms with Crippen molar-refractivity contribution < 1.29 is 4.79 Å². The molecule has 0 aromatic rings. The molecule has 0 aromatic heterocycles. The Morgan fingerprint density at radius 1 is 1.20 bits per heavy atom. The fraction of sp³-hybridized carbons (Fsp3) is 0.909. The monoisotopic (exact) mass is 276 g/mol. The SMILES string of the molecule is CC(C)(C)N1CCCN(C(=O)CBr)CC1. The van der Waals surface area contributed by atoms with Crippen LogP contribution in [0.3, 0.4) is 0 Å². The lowest BCUT2D eigenvalue weighted by Crippen LogP contribution is -2.44. The highest BCUT2D eigenvalue weighted by Crippen LogP contribution is 2.16. The van der Waals surface area contributed by atoms with Gasteiger partial charge in [-0.1, -0.05) is 15.9 Å². The second kappa shape index (κ2) is 5.30. The van der Waals surface area contributed by atoms with Crippen molar-refractivity contribution in [2.24, 2.45) is 0 Å². The van der Waals surface area contributed by atoms with Crippen LogP contribution in [0, 0.1) is 0 Å². The van der Waals surface area contributed by atoms with Gasteiger partial charge in [0.2, 0.25) is 5.91 Å². The zero-order valence-electron chi connectivity index (χ0n) is 9.92. The third kappa shape index (κ3) is 3.76. The van der Waals surface area contributed by atoms with Gasteiger partial charge in [0.25, 0.3) is 0 Å². The van der Waals surface area contributed by atoms with E-state index in [2.05, 4.69) is 41.6 Å². The van der Waals surface area contributed by atoms with Gasteiger partial charge in [-0.25, -0.2) is 0 Å². The minimum Gasteiger partial charge on any atom is -0.341 e. The number of carbonyl (C=O) groups is 1. The van der Waals surface area contributed by atoms with Crippen LogP contribution in [0.4, 0.5) is 0 Å². The molecule has 1 saturated heterocycles. The third-order valence-electron chi connectivity index (χ3n) is 2.91. The van der Waals surface area contributed by atoms with Gasteiger partial charge in [0.15, 0.2) is 0 Å². The molecule has 88 valence electrons. The van der Waals surface area contributed by atoms with Gasteiger partial charge in [-0.15, -0.1) is 0 Å². The number of amides is 1. The maximum atomic E-state index is 11.5. The van der Waals surface area contributed by atoms with Gasteiger partial charge in [0, 0.05) is 31.7 Å². The molecule has 15 heavy (non-hydrogen) atoms. The zero-order chi connectivity index (χ0) is 11.5. The van der Waals surface area contributed by atoms with Gasteiger partial charge in [0.1, 0.15) is 0 Å². The van der Waals surface area contributed by atoms with Crippen molar-refractivity contribution >= 4 is 21.8 Å². The Labute approximate surface area is 101 Å². The van der Waals surface area contributed by atoms with E-state index in [1.54, 1.807) is 0 Å². The Hall–Kier alpha value is -0.0900. The second-order valence-corrected chi connectivity index (χ2v) is 5.59. The topological polar surface area (TPSA) is 23.6 Å². The van der Waals surface area contributed by atoms with Crippen molar-refractivity contribution in [3.8, 4) is 0 Å². The predicted octanol–water partition coefficient (Wildman–Crippen LogP) is 1.71. The molecule has 1 aliphatic heterocycles. The van der Waals surface area contributed by atoms with Crippen LogP contribution in [0.1, 0.15) is 27.2 Å². The maximum Gasteiger partial charge on any atom is 0.233 e. The molecule has 0 bridgehead atoms. The molecule has 0 aliphatic carbocycles. The summed E-state index contributed by atoms with van der Waals surface area (Å²) in [5, 5.41) is 0.447. The Bertz CT molecular complexity index is 225. The fourth-order valence-electron chi connectivity index (χ4n) is 1.92. The van der Waals surface area contributed by atoms with Crippen molar-refractivity contribution in [2.45, 2.75) is 32.7 Å². The molecule has 1 aliphatic rings. The zero-order valence-corrected chi connectivity index (χ0v) is 11.5. The van der Waals surface area contributed by atoms with Gasteiger partial charge in [-0.05, 0) is 27.2 Å². The van der Waals surface area contributed by atoms with Gasteiger partial charge < -0.3 is 4.90 Å². The predicted molar refractivity (Wildman–Crippen MR) is 66.3 cm³/mol. The fourth-order valence-corrected chi connectivity index (χ4v) is 2.28. The summed E-state index contributed by atoms with van der Waals surface area (Å²) in [5.41, 5.74) is 0.216. The molecule has 3 nitrogen and oxygen atoms in total. The van der Waals surface area contributed by atoms with Gasteiger partial charge in [-0.2, -0.15) is 0 Å². The highest BCUT2D eigenvalue weighted by molar-refractivity contribution is 9.09. The van der Waals surface area contributed by atoms with Crippen LogP contribution in [-0.4, -0.2) is 52.8 Å². The molecule has 0 atom stereocenters. The van der Waals surface area contributed by atoms with Crippen molar-refractivity contribution in [3.05, 3.63) is 0 Å². The van der Waals surface area contributed by atoms with E-state index in [4.69, 9.17) is 0 Å². The van der Waals surface area contributed by atoms with Crippen molar-refractivity contribution in [2.75, 3.05) is 31.5 Å². The average Bonchev–Trinajstić information content (AvgIpc) is 2.40. The molecule has 0 spiro atoms.